The van der Waals surface area contributed by atoms with Crippen LogP contribution in [0.25, 0.3) is 10.8 Å². The normalized spacial score (nSPS) is 12.2. The average Bonchev–Trinajstić information content (AvgIpc) is 2.45. The van der Waals surface area contributed by atoms with Gasteiger partial charge in [0.25, 0.3) is 0 Å². The van der Waals surface area contributed by atoms with E-state index in [1.807, 2.05) is 0 Å². The van der Waals surface area contributed by atoms with Gasteiger partial charge in [-0.3, -0.25) is 0 Å². The highest BCUT2D eigenvalue weighted by Crippen LogP contribution is 2.33. The topological polar surface area (TPSA) is 69.7 Å². The van der Waals surface area contributed by atoms with Crippen molar-refractivity contribution < 1.29 is 35.3 Å². The fourth-order valence-corrected chi connectivity index (χ4v) is 2.38. The van der Waals surface area contributed by atoms with Crippen molar-refractivity contribution in [3.8, 4) is 5.75 Å². The smallest absolute Gasteiger partial charge is 0.462 e. The molecule has 0 aliphatic rings. The van der Waals surface area contributed by atoms with Crippen molar-refractivity contribution in [1.29, 1.82) is 0 Å². The molecular formula is C14H11F3O5S. The van der Waals surface area contributed by atoms with Crippen molar-refractivity contribution in [2.45, 2.75) is 12.4 Å². The maximum atomic E-state index is 12.4. The van der Waals surface area contributed by atoms with E-state index >= 15 is 0 Å². The minimum absolute atomic E-state index is 0.0471. The van der Waals surface area contributed by atoms with E-state index in [0.717, 1.165) is 6.07 Å². The van der Waals surface area contributed by atoms with Gasteiger partial charge in [-0.2, -0.15) is 21.6 Å². The van der Waals surface area contributed by atoms with E-state index in [1.165, 1.54) is 30.3 Å². The molecule has 0 heterocycles. The lowest BCUT2D eigenvalue weighted by atomic mass is 10.0. The molecule has 0 aliphatic carbocycles. The number of benzene rings is 2. The number of rotatable bonds is 4. The highest BCUT2D eigenvalue weighted by atomic mass is 32.2. The molecule has 0 spiro atoms. The number of halogens is 3. The molecule has 0 saturated heterocycles. The Labute approximate surface area is 129 Å². The van der Waals surface area contributed by atoms with Gasteiger partial charge in [-0.25, -0.2) is 4.79 Å². The van der Waals surface area contributed by atoms with E-state index in [4.69, 9.17) is 4.74 Å². The molecule has 0 fully saturated rings. The number of alkyl halides is 3. The number of carbonyl (C=O) groups is 1. The van der Waals surface area contributed by atoms with Crippen LogP contribution in [-0.2, 0) is 14.9 Å². The fourth-order valence-electron chi connectivity index (χ4n) is 1.91. The van der Waals surface area contributed by atoms with Gasteiger partial charge >= 0.3 is 21.6 Å². The van der Waals surface area contributed by atoms with Crippen LogP contribution in [0.2, 0.25) is 0 Å². The Morgan fingerprint density at radius 2 is 1.70 bits per heavy atom. The van der Waals surface area contributed by atoms with Crippen LogP contribution in [0.5, 0.6) is 5.75 Å². The summed E-state index contributed by atoms with van der Waals surface area (Å²) < 4.78 is 68.6. The summed E-state index contributed by atoms with van der Waals surface area (Å²) in [7, 11) is -5.80. The first-order valence-corrected chi connectivity index (χ1v) is 7.78. The average molecular weight is 348 g/mol. The van der Waals surface area contributed by atoms with Gasteiger partial charge in [0.1, 0.15) is 0 Å². The number of hydrogen-bond donors (Lipinski definition) is 0. The molecule has 2 rings (SSSR count). The van der Waals surface area contributed by atoms with Gasteiger partial charge < -0.3 is 8.92 Å². The summed E-state index contributed by atoms with van der Waals surface area (Å²) in [5, 5.41) is 0.270. The van der Waals surface area contributed by atoms with Crippen molar-refractivity contribution >= 4 is 26.9 Å². The molecule has 0 N–H and O–H groups in total. The summed E-state index contributed by atoms with van der Waals surface area (Å²) >= 11 is 0. The van der Waals surface area contributed by atoms with Gasteiger partial charge in [0.2, 0.25) is 0 Å². The third kappa shape index (κ3) is 3.39. The first-order valence-electron chi connectivity index (χ1n) is 6.37. The van der Waals surface area contributed by atoms with Crippen LogP contribution in [0.1, 0.15) is 17.3 Å². The van der Waals surface area contributed by atoms with Crippen molar-refractivity contribution in [2.75, 3.05) is 6.61 Å². The van der Waals surface area contributed by atoms with Gasteiger partial charge in [0.05, 0.1) is 12.2 Å². The number of fused-ring (bicyclic) bond motifs is 1. The van der Waals surface area contributed by atoms with Crippen molar-refractivity contribution in [1.82, 2.24) is 0 Å². The van der Waals surface area contributed by atoms with Gasteiger partial charge in [0, 0.05) is 5.39 Å². The largest absolute Gasteiger partial charge is 0.534 e. The van der Waals surface area contributed by atoms with Crippen LogP contribution in [-0.4, -0.2) is 26.5 Å². The van der Waals surface area contributed by atoms with Crippen molar-refractivity contribution in [2.24, 2.45) is 0 Å². The summed E-state index contributed by atoms with van der Waals surface area (Å²) in [6.07, 6.45) is 0. The first-order chi connectivity index (χ1) is 10.7. The maximum Gasteiger partial charge on any atom is 0.534 e. The molecule has 0 unspecified atom stereocenters. The van der Waals surface area contributed by atoms with E-state index < -0.39 is 27.3 Å². The Kier molecular flexibility index (Phi) is 4.51. The zero-order valence-electron chi connectivity index (χ0n) is 11.8. The predicted octanol–water partition coefficient (Wildman–Crippen LogP) is 3.24. The summed E-state index contributed by atoms with van der Waals surface area (Å²) in [6.45, 7) is 1.72. The van der Waals surface area contributed by atoms with E-state index in [2.05, 4.69) is 4.18 Å². The van der Waals surface area contributed by atoms with Crippen molar-refractivity contribution in [3.05, 3.63) is 42.0 Å². The lowest BCUT2D eigenvalue weighted by Crippen LogP contribution is -2.28. The number of carbonyl (C=O) groups excluding carboxylic acids is 1. The summed E-state index contributed by atoms with van der Waals surface area (Å²) in [5.74, 6) is -1.19. The molecule has 0 radical (unpaired) electrons. The van der Waals surface area contributed by atoms with Crippen LogP contribution in [0.4, 0.5) is 13.2 Å². The third-order valence-corrected chi connectivity index (χ3v) is 3.83. The highest BCUT2D eigenvalue weighted by Gasteiger charge is 2.48. The van der Waals surface area contributed by atoms with Gasteiger partial charge in [-0.1, -0.05) is 24.3 Å². The number of esters is 1. The molecule has 0 bridgehead atoms. The molecule has 0 amide bonds. The molecule has 2 aromatic carbocycles. The highest BCUT2D eigenvalue weighted by molar-refractivity contribution is 7.88. The Morgan fingerprint density at radius 3 is 2.30 bits per heavy atom. The Balaban J connectivity index is 2.56. The minimum Gasteiger partial charge on any atom is -0.462 e. The Morgan fingerprint density at radius 1 is 1.09 bits per heavy atom. The molecule has 0 aromatic heterocycles. The summed E-state index contributed by atoms with van der Waals surface area (Å²) in [4.78, 5) is 11.9. The lowest BCUT2D eigenvalue weighted by molar-refractivity contribution is -0.0499. The molecule has 124 valence electrons. The number of ether oxygens (including phenoxy) is 1. The van der Waals surface area contributed by atoms with Crippen LogP contribution >= 0.6 is 0 Å². The standard InChI is InChI=1S/C14H11F3O5S/c1-2-21-13(18)11-7-3-6-10-9(11)5-4-8-12(10)22-23(19,20)14(15,16)17/h3-8H,2H2,1H3. The van der Waals surface area contributed by atoms with Gasteiger partial charge in [-0.05, 0) is 24.4 Å². The maximum absolute atomic E-state index is 12.4. The van der Waals surface area contributed by atoms with Crippen LogP contribution < -0.4 is 4.18 Å². The summed E-state index contributed by atoms with van der Waals surface area (Å²) in [6, 6.07) is 7.96. The zero-order chi connectivity index (χ0) is 17.3. The fraction of sp³-hybridized carbons (Fsp3) is 0.214. The van der Waals surface area contributed by atoms with Gasteiger partial charge in [-0.15, -0.1) is 0 Å². The second kappa shape index (κ2) is 6.07. The predicted molar refractivity (Wildman–Crippen MR) is 75.5 cm³/mol. The molecule has 0 aliphatic heterocycles. The van der Waals surface area contributed by atoms with E-state index in [0.29, 0.717) is 0 Å². The van der Waals surface area contributed by atoms with E-state index in [1.54, 1.807) is 6.92 Å². The molecule has 23 heavy (non-hydrogen) atoms. The molecule has 0 saturated carbocycles. The first kappa shape index (κ1) is 17.1. The Hall–Kier alpha value is -2.29. The van der Waals surface area contributed by atoms with Crippen LogP contribution in [0.3, 0.4) is 0 Å². The van der Waals surface area contributed by atoms with E-state index in [-0.39, 0.29) is 22.9 Å². The van der Waals surface area contributed by atoms with Crippen molar-refractivity contribution in [3.63, 3.8) is 0 Å². The SMILES string of the molecule is CCOC(=O)c1cccc2c(OS(=O)(=O)C(F)(F)F)cccc12. The van der Waals surface area contributed by atoms with Crippen LogP contribution in [0, 0.1) is 0 Å². The number of hydrogen-bond acceptors (Lipinski definition) is 5. The lowest BCUT2D eigenvalue weighted by Gasteiger charge is -2.12. The molecule has 0 atom stereocenters. The monoisotopic (exact) mass is 348 g/mol. The van der Waals surface area contributed by atoms with E-state index in [9.17, 15) is 26.4 Å². The van der Waals surface area contributed by atoms with Crippen LogP contribution in [0.15, 0.2) is 36.4 Å². The molecular weight excluding hydrogens is 337 g/mol. The molecule has 2 aromatic rings. The summed E-state index contributed by atoms with van der Waals surface area (Å²) in [5.41, 5.74) is -5.45. The van der Waals surface area contributed by atoms with Gasteiger partial charge in [0.15, 0.2) is 5.75 Å². The second-order valence-corrected chi connectivity index (χ2v) is 5.90. The minimum atomic E-state index is -5.80. The Bertz CT molecular complexity index is 843. The molecule has 9 heteroatoms. The zero-order valence-corrected chi connectivity index (χ0v) is 12.6. The molecule has 5 nitrogen and oxygen atoms in total. The third-order valence-electron chi connectivity index (χ3n) is 2.86. The second-order valence-electron chi connectivity index (χ2n) is 4.36. The quantitative estimate of drug-likeness (QED) is 0.482.